The van der Waals surface area contributed by atoms with E-state index < -0.39 is 0 Å². The van der Waals surface area contributed by atoms with Gasteiger partial charge >= 0.3 is 0 Å². The van der Waals surface area contributed by atoms with E-state index >= 15 is 0 Å². The van der Waals surface area contributed by atoms with Crippen molar-refractivity contribution in [3.63, 3.8) is 0 Å². The van der Waals surface area contributed by atoms with Gasteiger partial charge in [0.15, 0.2) is 0 Å². The second kappa shape index (κ2) is 17.4. The summed E-state index contributed by atoms with van der Waals surface area (Å²) in [6, 6.07) is 13.6. The molecular weight excluding hydrogens is 471 g/mol. The summed E-state index contributed by atoms with van der Waals surface area (Å²) in [5.74, 6) is 0. The molecule has 194 valence electrons. The molecule has 0 saturated heterocycles. The van der Waals surface area contributed by atoms with Crippen molar-refractivity contribution in [3.8, 4) is 0 Å². The maximum atomic E-state index is 5.23. The number of allylic oxidation sites excluding steroid dienone is 2. The number of aryl methyl sites for hydroxylation is 4. The number of rotatable bonds is 14. The molecular formula is C32H46N2Ni. The van der Waals surface area contributed by atoms with Crippen LogP contribution in [0, 0.1) is 0 Å². The van der Waals surface area contributed by atoms with Gasteiger partial charge in [-0.1, -0.05) is 79.0 Å². The Morgan fingerprint density at radius 1 is 0.629 bits per heavy atom. The fourth-order valence-electron chi connectivity index (χ4n) is 4.03. The summed E-state index contributed by atoms with van der Waals surface area (Å²) in [7, 11) is 0. The molecule has 0 amide bonds. The summed E-state index contributed by atoms with van der Waals surface area (Å²) in [6.45, 7) is 13.4. The Morgan fingerprint density at radius 3 is 1.51 bits per heavy atom. The minimum atomic E-state index is 0. The van der Waals surface area contributed by atoms with Gasteiger partial charge in [0.05, 0.1) is 22.8 Å². The third kappa shape index (κ3) is 10.7. The summed E-state index contributed by atoms with van der Waals surface area (Å²) in [5.41, 5.74) is 9.64. The number of hydrogen-bond acceptors (Lipinski definition) is 2. The third-order valence-electron chi connectivity index (χ3n) is 6.28. The van der Waals surface area contributed by atoms with Gasteiger partial charge in [-0.2, -0.15) is 0 Å². The van der Waals surface area contributed by atoms with E-state index in [-0.39, 0.29) is 16.5 Å². The Morgan fingerprint density at radius 2 is 1.09 bits per heavy atom. The van der Waals surface area contributed by atoms with E-state index in [4.69, 9.17) is 9.98 Å². The van der Waals surface area contributed by atoms with Gasteiger partial charge in [0, 0.05) is 16.5 Å². The second-order valence-electron chi connectivity index (χ2n) is 9.13. The van der Waals surface area contributed by atoms with Crippen molar-refractivity contribution < 1.29 is 16.5 Å². The van der Waals surface area contributed by atoms with E-state index in [2.05, 4.69) is 90.1 Å². The zero-order chi connectivity index (χ0) is 24.8. The summed E-state index contributed by atoms with van der Waals surface area (Å²) >= 11 is 0. The van der Waals surface area contributed by atoms with Crippen molar-refractivity contribution in [2.24, 2.45) is 9.98 Å². The molecule has 0 heterocycles. The number of nitrogens with zero attached hydrogens (tertiary/aromatic N) is 2. The Hall–Kier alpha value is -1.99. The zero-order valence-corrected chi connectivity index (χ0v) is 23.9. The van der Waals surface area contributed by atoms with Gasteiger partial charge < -0.3 is 0 Å². The first-order chi connectivity index (χ1) is 16.6. The predicted octanol–water partition coefficient (Wildman–Crippen LogP) is 9.72. The maximum Gasteiger partial charge on any atom is 0.0848 e. The normalized spacial score (nSPS) is 12.3. The van der Waals surface area contributed by atoms with Crippen molar-refractivity contribution in [2.45, 2.75) is 106 Å². The van der Waals surface area contributed by atoms with E-state index in [1.807, 2.05) is 0 Å². The maximum absolute atomic E-state index is 5.23. The number of aliphatic imine (C=N–C) groups is 2. The van der Waals surface area contributed by atoms with Crippen LogP contribution in [-0.2, 0) is 42.2 Å². The van der Waals surface area contributed by atoms with Crippen molar-refractivity contribution in [1.29, 1.82) is 0 Å². The minimum absolute atomic E-state index is 0. The smallest absolute Gasteiger partial charge is 0.0848 e. The van der Waals surface area contributed by atoms with Crippen molar-refractivity contribution in [3.05, 3.63) is 70.8 Å². The van der Waals surface area contributed by atoms with Crippen LogP contribution in [0.5, 0.6) is 0 Å². The first-order valence-corrected chi connectivity index (χ1v) is 13.6. The minimum Gasteiger partial charge on any atom is -0.251 e. The Labute approximate surface area is 225 Å². The molecule has 0 aliphatic rings. The Balaban J connectivity index is 0.00000612. The van der Waals surface area contributed by atoms with Crippen LogP contribution < -0.4 is 0 Å². The van der Waals surface area contributed by atoms with Crippen LogP contribution in [0.2, 0.25) is 0 Å². The van der Waals surface area contributed by atoms with Crippen LogP contribution in [0.3, 0.4) is 0 Å². The zero-order valence-electron chi connectivity index (χ0n) is 22.9. The fourth-order valence-corrected chi connectivity index (χ4v) is 4.03. The summed E-state index contributed by atoms with van der Waals surface area (Å²) < 4.78 is 0. The SMILES string of the molecule is CCCC/C=C/C(=Nc1cc(CC)cc(CC)c1)C(CCCC)=Nc1cc(CC)cc(CC)c1.[Ni]. The van der Waals surface area contributed by atoms with Crippen molar-refractivity contribution in [2.75, 3.05) is 0 Å². The van der Waals surface area contributed by atoms with E-state index in [0.717, 1.165) is 74.2 Å². The van der Waals surface area contributed by atoms with Crippen LogP contribution in [0.1, 0.15) is 102 Å². The third-order valence-corrected chi connectivity index (χ3v) is 6.28. The average molecular weight is 517 g/mol. The Bertz CT molecular complexity index is 941. The molecule has 35 heavy (non-hydrogen) atoms. The quantitative estimate of drug-likeness (QED) is 0.135. The first kappa shape index (κ1) is 31.0. The molecule has 0 fully saturated rings. The summed E-state index contributed by atoms with van der Waals surface area (Å²) in [4.78, 5) is 10.4. The molecule has 0 saturated carbocycles. The molecule has 2 nitrogen and oxygen atoms in total. The molecule has 0 aliphatic carbocycles. The predicted molar refractivity (Wildman–Crippen MR) is 153 cm³/mol. The second-order valence-corrected chi connectivity index (χ2v) is 9.13. The van der Waals surface area contributed by atoms with Gasteiger partial charge in [0.2, 0.25) is 0 Å². The van der Waals surface area contributed by atoms with E-state index in [1.54, 1.807) is 0 Å². The topological polar surface area (TPSA) is 24.7 Å². The van der Waals surface area contributed by atoms with Crippen LogP contribution in [-0.4, -0.2) is 11.4 Å². The van der Waals surface area contributed by atoms with Crippen molar-refractivity contribution >= 4 is 22.8 Å². The largest absolute Gasteiger partial charge is 0.251 e. The van der Waals surface area contributed by atoms with Gasteiger partial charge in [-0.05, 0) is 97.5 Å². The molecule has 2 aromatic carbocycles. The van der Waals surface area contributed by atoms with Crippen LogP contribution in [0.4, 0.5) is 11.4 Å². The molecule has 2 aromatic rings. The molecule has 0 spiro atoms. The molecule has 3 heteroatoms. The number of unbranched alkanes of at least 4 members (excludes halogenated alkanes) is 3. The number of benzene rings is 2. The van der Waals surface area contributed by atoms with Gasteiger partial charge in [0.1, 0.15) is 0 Å². The number of hydrogen-bond donors (Lipinski definition) is 0. The molecule has 0 unspecified atom stereocenters. The monoisotopic (exact) mass is 516 g/mol. The van der Waals surface area contributed by atoms with Gasteiger partial charge in [0.25, 0.3) is 0 Å². The molecule has 0 bridgehead atoms. The molecule has 0 atom stereocenters. The van der Waals surface area contributed by atoms with E-state index in [9.17, 15) is 0 Å². The van der Waals surface area contributed by atoms with Gasteiger partial charge in [-0.25, -0.2) is 4.99 Å². The molecule has 0 N–H and O–H groups in total. The summed E-state index contributed by atoms with van der Waals surface area (Å²) in [6.07, 6.45) is 15.3. The van der Waals surface area contributed by atoms with E-state index in [1.165, 1.54) is 35.1 Å². The van der Waals surface area contributed by atoms with E-state index in [0.29, 0.717) is 0 Å². The first-order valence-electron chi connectivity index (χ1n) is 13.6. The van der Waals surface area contributed by atoms with Gasteiger partial charge in [-0.15, -0.1) is 0 Å². The van der Waals surface area contributed by atoms with Gasteiger partial charge in [-0.3, -0.25) is 4.99 Å². The van der Waals surface area contributed by atoms with Crippen LogP contribution >= 0.6 is 0 Å². The molecule has 0 aliphatic heterocycles. The van der Waals surface area contributed by atoms with Crippen molar-refractivity contribution in [1.82, 2.24) is 0 Å². The summed E-state index contributed by atoms with van der Waals surface area (Å²) in [5, 5.41) is 0. The van der Waals surface area contributed by atoms with Crippen LogP contribution in [0.15, 0.2) is 58.5 Å². The molecule has 2 rings (SSSR count). The fraction of sp³-hybridized carbons (Fsp3) is 0.500. The standard InChI is InChI=1S/C32H46N2.Ni/c1-7-13-15-16-18-32(34-30-23-27(11-5)20-28(12-6)24-30)31(17-14-8-2)33-29-21-25(9-3)19-26(10-4)22-29;/h16,18-24H,7-15,17H2,1-6H3;/b18-16+,33-31?,34-32?;. The van der Waals surface area contributed by atoms with Crippen LogP contribution in [0.25, 0.3) is 0 Å². The molecule has 0 radical (unpaired) electrons. The molecule has 0 aromatic heterocycles. The Kier molecular flexibility index (Phi) is 15.5. The average Bonchev–Trinajstić information content (AvgIpc) is 2.87.